The van der Waals surface area contributed by atoms with Crippen molar-refractivity contribution in [3.63, 3.8) is 0 Å². The van der Waals surface area contributed by atoms with Gasteiger partial charge in [-0.25, -0.2) is 4.68 Å². The van der Waals surface area contributed by atoms with Gasteiger partial charge in [0.15, 0.2) is 5.82 Å². The first kappa shape index (κ1) is 20.2. The van der Waals surface area contributed by atoms with Gasteiger partial charge in [0, 0.05) is 18.2 Å². The van der Waals surface area contributed by atoms with Gasteiger partial charge in [0.25, 0.3) is 5.91 Å². The summed E-state index contributed by atoms with van der Waals surface area (Å²) in [7, 11) is 1.49. The van der Waals surface area contributed by atoms with Gasteiger partial charge in [-0.1, -0.05) is 25.1 Å². The maximum absolute atomic E-state index is 12.7. The Bertz CT molecular complexity index is 976. The maximum atomic E-state index is 12.7. The van der Waals surface area contributed by atoms with Crippen LogP contribution in [-0.4, -0.2) is 39.6 Å². The van der Waals surface area contributed by atoms with E-state index in [0.29, 0.717) is 34.9 Å². The Morgan fingerprint density at radius 3 is 2.66 bits per heavy atom. The van der Waals surface area contributed by atoms with Gasteiger partial charge in [0.05, 0.1) is 24.6 Å². The first-order valence-electron chi connectivity index (χ1n) is 8.79. The van der Waals surface area contributed by atoms with Crippen LogP contribution in [0.15, 0.2) is 42.6 Å². The quantitative estimate of drug-likeness (QED) is 0.622. The van der Waals surface area contributed by atoms with Crippen molar-refractivity contribution in [1.29, 1.82) is 0 Å². The van der Waals surface area contributed by atoms with E-state index in [0.717, 1.165) is 0 Å². The smallest absolute Gasteiger partial charge is 0.387 e. The maximum Gasteiger partial charge on any atom is 0.387 e. The van der Waals surface area contributed by atoms with Crippen LogP contribution in [0, 0.1) is 0 Å². The first-order valence-corrected chi connectivity index (χ1v) is 8.79. The number of rotatable bonds is 8. The zero-order valence-electron chi connectivity index (χ0n) is 15.8. The molecule has 1 amide bonds. The van der Waals surface area contributed by atoms with Crippen molar-refractivity contribution in [3.05, 3.63) is 59.4 Å². The predicted molar refractivity (Wildman–Crippen MR) is 99.3 cm³/mol. The van der Waals surface area contributed by atoms with Crippen molar-refractivity contribution in [2.75, 3.05) is 7.11 Å². The molecule has 0 spiro atoms. The second-order valence-corrected chi connectivity index (χ2v) is 5.87. The van der Waals surface area contributed by atoms with Gasteiger partial charge in [-0.05, 0) is 18.6 Å². The Labute approximate surface area is 165 Å². The zero-order valence-corrected chi connectivity index (χ0v) is 15.8. The number of halogens is 2. The Kier molecular flexibility index (Phi) is 6.32. The molecule has 0 aliphatic rings. The molecule has 0 saturated heterocycles. The average Bonchev–Trinajstić information content (AvgIpc) is 3.16. The molecule has 0 atom stereocenters. The summed E-state index contributed by atoms with van der Waals surface area (Å²) in [6.45, 7) is -1.03. The van der Waals surface area contributed by atoms with E-state index in [-0.39, 0.29) is 18.2 Å². The van der Waals surface area contributed by atoms with Gasteiger partial charge in [0.1, 0.15) is 5.75 Å². The van der Waals surface area contributed by atoms with E-state index in [1.807, 2.05) is 6.92 Å². The van der Waals surface area contributed by atoms with Gasteiger partial charge >= 0.3 is 6.61 Å². The van der Waals surface area contributed by atoms with E-state index in [1.165, 1.54) is 24.1 Å². The number of alkyl halides is 2. The molecule has 1 aromatic carbocycles. The minimum atomic E-state index is -2.94. The van der Waals surface area contributed by atoms with Gasteiger partial charge in [0.2, 0.25) is 5.88 Å². The highest BCUT2D eigenvalue weighted by Crippen LogP contribution is 2.21. The van der Waals surface area contributed by atoms with Gasteiger partial charge in [-0.15, -0.1) is 10.2 Å². The number of benzene rings is 1. The summed E-state index contributed by atoms with van der Waals surface area (Å²) in [4.78, 5) is 12.7. The molecule has 1 N–H and O–H groups in total. The highest BCUT2D eigenvalue weighted by atomic mass is 19.3. The number of hydrogen-bond acceptors (Lipinski definition) is 6. The lowest BCUT2D eigenvalue weighted by molar-refractivity contribution is -0.0504. The third kappa shape index (κ3) is 4.65. The highest BCUT2D eigenvalue weighted by Gasteiger charge is 2.18. The third-order valence-corrected chi connectivity index (χ3v) is 4.13. The molecule has 0 unspecified atom stereocenters. The van der Waals surface area contributed by atoms with Crippen LogP contribution in [0.3, 0.4) is 0 Å². The summed E-state index contributed by atoms with van der Waals surface area (Å²) >= 11 is 0. The van der Waals surface area contributed by atoms with Crippen LogP contribution in [0.5, 0.6) is 11.6 Å². The molecule has 3 rings (SSSR count). The summed E-state index contributed by atoms with van der Waals surface area (Å²) in [5.74, 6) is 0.433. The molecule has 0 saturated carbocycles. The topological polar surface area (TPSA) is 91.2 Å². The van der Waals surface area contributed by atoms with Gasteiger partial charge < -0.3 is 14.8 Å². The van der Waals surface area contributed by atoms with E-state index >= 15 is 0 Å². The summed E-state index contributed by atoms with van der Waals surface area (Å²) in [6, 6.07) is 9.61. The number of aromatic nitrogens is 4. The van der Waals surface area contributed by atoms with E-state index in [4.69, 9.17) is 4.74 Å². The van der Waals surface area contributed by atoms with E-state index in [9.17, 15) is 13.6 Å². The Balaban J connectivity index is 1.77. The molecular formula is C19H19F2N5O3. The zero-order chi connectivity index (χ0) is 20.8. The average molecular weight is 403 g/mol. The van der Waals surface area contributed by atoms with Gasteiger partial charge in [-0.2, -0.15) is 13.9 Å². The highest BCUT2D eigenvalue weighted by molar-refractivity contribution is 5.95. The Hall–Kier alpha value is -3.56. The molecule has 2 heterocycles. The molecular weight excluding hydrogens is 384 g/mol. The Morgan fingerprint density at radius 2 is 2.00 bits per heavy atom. The number of ether oxygens (including phenoxy) is 2. The van der Waals surface area contributed by atoms with Crippen molar-refractivity contribution in [2.45, 2.75) is 26.5 Å². The normalized spacial score (nSPS) is 10.8. The fourth-order valence-corrected chi connectivity index (χ4v) is 2.77. The number of para-hydroxylation sites is 1. The first-order chi connectivity index (χ1) is 14.0. The lowest BCUT2D eigenvalue weighted by Crippen LogP contribution is -2.24. The van der Waals surface area contributed by atoms with Crippen molar-refractivity contribution in [2.24, 2.45) is 0 Å². The molecule has 0 radical (unpaired) electrons. The summed E-state index contributed by atoms with van der Waals surface area (Å²) < 4.78 is 36.1. The van der Waals surface area contributed by atoms with Crippen molar-refractivity contribution in [1.82, 2.24) is 25.3 Å². The number of amides is 1. The largest absolute Gasteiger partial charge is 0.480 e. The minimum Gasteiger partial charge on any atom is -0.480 e. The fraction of sp³-hybridized carbons (Fsp3) is 0.263. The summed E-state index contributed by atoms with van der Waals surface area (Å²) in [5.41, 5.74) is 1.43. The summed E-state index contributed by atoms with van der Waals surface area (Å²) in [6.07, 6.45) is 1.95. The van der Waals surface area contributed by atoms with E-state index in [1.54, 1.807) is 30.3 Å². The number of methoxy groups -OCH3 is 1. The van der Waals surface area contributed by atoms with Gasteiger partial charge in [-0.3, -0.25) is 4.79 Å². The molecule has 0 fully saturated rings. The van der Waals surface area contributed by atoms with Crippen LogP contribution in [0.2, 0.25) is 0 Å². The molecule has 0 aliphatic heterocycles. The third-order valence-electron chi connectivity index (χ3n) is 4.13. The number of carbonyl (C=O) groups is 1. The fourth-order valence-electron chi connectivity index (χ4n) is 2.77. The number of nitrogens with zero attached hydrogens (tertiary/aromatic N) is 4. The van der Waals surface area contributed by atoms with Crippen molar-refractivity contribution >= 4 is 5.91 Å². The lowest BCUT2D eigenvalue weighted by Gasteiger charge is -2.11. The molecule has 29 heavy (non-hydrogen) atoms. The van der Waals surface area contributed by atoms with Crippen LogP contribution in [0.4, 0.5) is 8.78 Å². The minimum absolute atomic E-state index is 0.0164. The van der Waals surface area contributed by atoms with E-state index in [2.05, 4.69) is 25.3 Å². The molecule has 0 aliphatic carbocycles. The molecule has 152 valence electrons. The molecule has 0 bridgehead atoms. The number of nitrogens with one attached hydrogen (secondary N) is 1. The molecule has 2 aromatic heterocycles. The van der Waals surface area contributed by atoms with Crippen LogP contribution in [-0.2, 0) is 13.0 Å². The molecule has 10 heteroatoms. The Morgan fingerprint density at radius 1 is 1.21 bits per heavy atom. The second-order valence-electron chi connectivity index (χ2n) is 5.87. The predicted octanol–water partition coefficient (Wildman–Crippen LogP) is 2.76. The molecule has 3 aromatic rings. The number of carbonyl (C=O) groups excluding carboxylic acids is 1. The monoisotopic (exact) mass is 403 g/mol. The van der Waals surface area contributed by atoms with Crippen LogP contribution < -0.4 is 14.8 Å². The van der Waals surface area contributed by atoms with Crippen LogP contribution in [0.1, 0.15) is 28.5 Å². The van der Waals surface area contributed by atoms with E-state index < -0.39 is 6.61 Å². The standard InChI is InChI=1S/C19H19F2N5O3/c1-3-14-13(11-23-26(14)16-8-9-17(28-2)25-24-16)18(27)22-10-12-6-4-5-7-15(12)29-19(20)21/h4-9,11,19H,3,10H2,1-2H3,(H,22,27). The second kappa shape index (κ2) is 9.09. The lowest BCUT2D eigenvalue weighted by atomic mass is 10.1. The molecule has 8 nitrogen and oxygen atoms in total. The number of hydrogen-bond donors (Lipinski definition) is 1. The van der Waals surface area contributed by atoms with Crippen LogP contribution in [0.25, 0.3) is 5.82 Å². The van der Waals surface area contributed by atoms with Crippen LogP contribution >= 0.6 is 0 Å². The SMILES string of the molecule is CCc1c(C(=O)NCc2ccccc2OC(F)F)cnn1-c1ccc(OC)nn1. The van der Waals surface area contributed by atoms with Crippen molar-refractivity contribution < 1.29 is 23.0 Å². The van der Waals surface area contributed by atoms with Crippen molar-refractivity contribution in [3.8, 4) is 17.4 Å². The summed E-state index contributed by atoms with van der Waals surface area (Å²) in [5, 5.41) is 14.9.